The summed E-state index contributed by atoms with van der Waals surface area (Å²) in [6.07, 6.45) is 9.55. The minimum Gasteiger partial charge on any atom is -0.367 e. The third-order valence-corrected chi connectivity index (χ3v) is 5.63. The molecular formula is C20H22N6O. The van der Waals surface area contributed by atoms with E-state index >= 15 is 0 Å². The third kappa shape index (κ3) is 3.29. The van der Waals surface area contributed by atoms with Crippen molar-refractivity contribution in [2.24, 2.45) is 0 Å². The van der Waals surface area contributed by atoms with Crippen LogP contribution < -0.4 is 10.9 Å². The van der Waals surface area contributed by atoms with Gasteiger partial charge in [-0.2, -0.15) is 5.10 Å². The van der Waals surface area contributed by atoms with Gasteiger partial charge in [0.15, 0.2) is 5.65 Å². The largest absolute Gasteiger partial charge is 0.367 e. The molecule has 0 atom stereocenters. The van der Waals surface area contributed by atoms with Gasteiger partial charge in [-0.05, 0) is 56.7 Å². The van der Waals surface area contributed by atoms with Gasteiger partial charge in [0.05, 0.1) is 17.1 Å². The van der Waals surface area contributed by atoms with Crippen molar-refractivity contribution in [1.29, 1.82) is 0 Å². The fourth-order valence-corrected chi connectivity index (χ4v) is 3.97. The summed E-state index contributed by atoms with van der Waals surface area (Å²) in [4.78, 5) is 25.2. The molecule has 0 unspecified atom stereocenters. The predicted octanol–water partition coefficient (Wildman–Crippen LogP) is 3.05. The first-order valence-corrected chi connectivity index (χ1v) is 9.70. The summed E-state index contributed by atoms with van der Waals surface area (Å²) in [5.41, 5.74) is 1.80. The molecule has 27 heavy (non-hydrogen) atoms. The average Bonchev–Trinajstić information content (AvgIpc) is 3.55. The molecule has 7 nitrogen and oxygen atoms in total. The van der Waals surface area contributed by atoms with Crippen LogP contribution in [0.3, 0.4) is 0 Å². The molecule has 0 saturated heterocycles. The van der Waals surface area contributed by atoms with Crippen LogP contribution in [0.4, 0.5) is 5.82 Å². The minimum absolute atomic E-state index is 0.0173. The first kappa shape index (κ1) is 16.4. The van der Waals surface area contributed by atoms with Gasteiger partial charge in [-0.15, -0.1) is 0 Å². The van der Waals surface area contributed by atoms with Crippen LogP contribution >= 0.6 is 0 Å². The maximum Gasteiger partial charge on any atom is 0.267 e. The number of pyridine rings is 1. The molecule has 1 N–H and O–H groups in total. The Bertz CT molecular complexity index is 1010. The molecule has 0 aromatic carbocycles. The SMILES string of the molecule is O=c1ccc(C2CC2)nn1C1CCC(Nc2ncnc3ncccc23)CC1. The maximum absolute atomic E-state index is 12.3. The van der Waals surface area contributed by atoms with Gasteiger partial charge >= 0.3 is 0 Å². The Kier molecular flexibility index (Phi) is 4.07. The molecule has 0 aliphatic heterocycles. The molecule has 3 heterocycles. The van der Waals surface area contributed by atoms with Gasteiger partial charge in [-0.3, -0.25) is 4.79 Å². The highest BCUT2D eigenvalue weighted by atomic mass is 16.1. The molecule has 3 aromatic heterocycles. The van der Waals surface area contributed by atoms with Crippen molar-refractivity contribution in [3.05, 3.63) is 52.8 Å². The minimum atomic E-state index is 0.0173. The van der Waals surface area contributed by atoms with E-state index in [0.717, 1.165) is 42.6 Å². The maximum atomic E-state index is 12.3. The van der Waals surface area contributed by atoms with E-state index in [-0.39, 0.29) is 11.6 Å². The Labute approximate surface area is 156 Å². The molecule has 0 radical (unpaired) electrons. The quantitative estimate of drug-likeness (QED) is 0.768. The fourth-order valence-electron chi connectivity index (χ4n) is 3.97. The zero-order chi connectivity index (χ0) is 18.2. The van der Waals surface area contributed by atoms with Crippen LogP contribution in [0, 0.1) is 0 Å². The molecule has 0 bridgehead atoms. The van der Waals surface area contributed by atoms with Gasteiger partial charge in [0.2, 0.25) is 0 Å². The van der Waals surface area contributed by atoms with Crippen LogP contribution in [0.15, 0.2) is 41.6 Å². The monoisotopic (exact) mass is 362 g/mol. The Hall–Kier alpha value is -2.83. The molecule has 2 fully saturated rings. The van der Waals surface area contributed by atoms with Gasteiger partial charge in [0.1, 0.15) is 12.1 Å². The topological polar surface area (TPSA) is 85.6 Å². The van der Waals surface area contributed by atoms with Crippen LogP contribution in [0.1, 0.15) is 56.2 Å². The van der Waals surface area contributed by atoms with E-state index in [4.69, 9.17) is 0 Å². The smallest absolute Gasteiger partial charge is 0.267 e. The third-order valence-electron chi connectivity index (χ3n) is 5.63. The van der Waals surface area contributed by atoms with Crippen LogP contribution in [0.2, 0.25) is 0 Å². The van der Waals surface area contributed by atoms with E-state index in [2.05, 4.69) is 25.4 Å². The van der Waals surface area contributed by atoms with Crippen molar-refractivity contribution < 1.29 is 0 Å². The summed E-state index contributed by atoms with van der Waals surface area (Å²) >= 11 is 0. The lowest BCUT2D eigenvalue weighted by Crippen LogP contribution is -2.33. The Morgan fingerprint density at radius 2 is 1.81 bits per heavy atom. The summed E-state index contributed by atoms with van der Waals surface area (Å²) in [6.45, 7) is 0. The number of nitrogens with one attached hydrogen (secondary N) is 1. The molecule has 5 rings (SSSR count). The molecule has 2 aliphatic carbocycles. The number of fused-ring (bicyclic) bond motifs is 1. The van der Waals surface area contributed by atoms with E-state index in [1.165, 1.54) is 12.8 Å². The van der Waals surface area contributed by atoms with Crippen molar-refractivity contribution in [3.8, 4) is 0 Å². The van der Waals surface area contributed by atoms with Crippen molar-refractivity contribution in [2.45, 2.75) is 56.5 Å². The van der Waals surface area contributed by atoms with Crippen LogP contribution in [-0.4, -0.2) is 30.8 Å². The Morgan fingerprint density at radius 1 is 0.963 bits per heavy atom. The zero-order valence-corrected chi connectivity index (χ0v) is 15.1. The molecule has 0 spiro atoms. The predicted molar refractivity (Wildman–Crippen MR) is 103 cm³/mol. The summed E-state index contributed by atoms with van der Waals surface area (Å²) in [5, 5.41) is 9.16. The highest BCUT2D eigenvalue weighted by Gasteiger charge is 2.28. The van der Waals surface area contributed by atoms with Crippen LogP contribution in [0.5, 0.6) is 0 Å². The van der Waals surface area contributed by atoms with Crippen LogP contribution in [-0.2, 0) is 0 Å². The number of hydrogen-bond donors (Lipinski definition) is 1. The second kappa shape index (κ2) is 6.72. The van der Waals surface area contributed by atoms with Gasteiger partial charge in [-0.25, -0.2) is 19.6 Å². The first-order chi connectivity index (χ1) is 13.3. The Balaban J connectivity index is 1.29. The standard InChI is InChI=1S/C20H22N6O/c27-18-10-9-17(13-3-4-13)25-26(18)15-7-5-14(6-8-15)24-20-16-2-1-11-21-19(16)22-12-23-20/h1-2,9-15H,3-8H2,(H,21,22,23,24). The normalized spacial score (nSPS) is 22.7. The molecule has 0 amide bonds. The fraction of sp³-hybridized carbons (Fsp3) is 0.450. The lowest BCUT2D eigenvalue weighted by Gasteiger charge is -2.30. The van der Waals surface area contributed by atoms with Crippen LogP contribution in [0.25, 0.3) is 11.0 Å². The van der Waals surface area contributed by atoms with Crippen molar-refractivity contribution in [1.82, 2.24) is 24.7 Å². The second-order valence-corrected chi connectivity index (χ2v) is 7.56. The number of nitrogens with zero attached hydrogens (tertiary/aromatic N) is 5. The van der Waals surface area contributed by atoms with Gasteiger partial charge < -0.3 is 5.32 Å². The molecule has 2 saturated carbocycles. The molecule has 7 heteroatoms. The van der Waals surface area contributed by atoms with E-state index in [0.29, 0.717) is 17.6 Å². The lowest BCUT2D eigenvalue weighted by atomic mass is 9.91. The van der Waals surface area contributed by atoms with Crippen molar-refractivity contribution >= 4 is 16.9 Å². The summed E-state index contributed by atoms with van der Waals surface area (Å²) < 4.78 is 1.73. The number of rotatable bonds is 4. The lowest BCUT2D eigenvalue weighted by molar-refractivity contribution is 0.301. The second-order valence-electron chi connectivity index (χ2n) is 7.56. The average molecular weight is 362 g/mol. The van der Waals surface area contributed by atoms with E-state index in [9.17, 15) is 4.79 Å². The molecule has 2 aliphatic rings. The zero-order valence-electron chi connectivity index (χ0n) is 15.1. The highest BCUT2D eigenvalue weighted by molar-refractivity contribution is 5.85. The number of aromatic nitrogens is 5. The van der Waals surface area contributed by atoms with E-state index in [1.54, 1.807) is 23.3 Å². The first-order valence-electron chi connectivity index (χ1n) is 9.70. The highest BCUT2D eigenvalue weighted by Crippen LogP contribution is 2.39. The van der Waals surface area contributed by atoms with Gasteiger partial charge in [0, 0.05) is 24.2 Å². The van der Waals surface area contributed by atoms with Gasteiger partial charge in [-0.1, -0.05) is 0 Å². The molecule has 138 valence electrons. The van der Waals surface area contributed by atoms with E-state index in [1.807, 2.05) is 18.2 Å². The van der Waals surface area contributed by atoms with Gasteiger partial charge in [0.25, 0.3) is 5.56 Å². The number of hydrogen-bond acceptors (Lipinski definition) is 6. The Morgan fingerprint density at radius 3 is 2.63 bits per heavy atom. The molecule has 3 aromatic rings. The number of anilines is 1. The summed E-state index contributed by atoms with van der Waals surface area (Å²) in [5.74, 6) is 1.40. The van der Waals surface area contributed by atoms with Crippen molar-refractivity contribution in [3.63, 3.8) is 0 Å². The molecular weight excluding hydrogens is 340 g/mol. The summed E-state index contributed by atoms with van der Waals surface area (Å²) in [6, 6.07) is 8.00. The van der Waals surface area contributed by atoms with Crippen molar-refractivity contribution in [2.75, 3.05) is 5.32 Å². The summed E-state index contributed by atoms with van der Waals surface area (Å²) in [7, 11) is 0. The van der Waals surface area contributed by atoms with E-state index < -0.39 is 0 Å².